The van der Waals surface area contributed by atoms with Gasteiger partial charge in [-0.2, -0.15) is 0 Å². The molecule has 1 aromatic rings. The zero-order chi connectivity index (χ0) is 12.5. The molecule has 1 aromatic carbocycles. The first-order valence-corrected chi connectivity index (χ1v) is 6.48. The summed E-state index contributed by atoms with van der Waals surface area (Å²) < 4.78 is 5.79. The summed E-state index contributed by atoms with van der Waals surface area (Å²) in [7, 11) is 0. The van der Waals surface area contributed by atoms with Crippen LogP contribution in [-0.4, -0.2) is 5.60 Å². The maximum Gasteiger partial charge on any atom is 0.120 e. The normalized spacial score (nSPS) is 16.9. The predicted octanol–water partition coefficient (Wildman–Crippen LogP) is 4.09. The first kappa shape index (κ1) is 15.3. The summed E-state index contributed by atoms with van der Waals surface area (Å²) in [6, 6.07) is 8.41. The van der Waals surface area contributed by atoms with Gasteiger partial charge in [0.2, 0.25) is 0 Å². The second-order valence-corrected chi connectivity index (χ2v) is 6.07. The predicted molar refractivity (Wildman–Crippen MR) is 78.3 cm³/mol. The van der Waals surface area contributed by atoms with Crippen LogP contribution in [0.25, 0.3) is 0 Å². The molecule has 2 rings (SSSR count). The Morgan fingerprint density at radius 2 is 1.78 bits per heavy atom. The largest absolute Gasteiger partial charge is 0.488 e. The number of halogens is 1. The summed E-state index contributed by atoms with van der Waals surface area (Å²) in [4.78, 5) is 0. The van der Waals surface area contributed by atoms with Crippen molar-refractivity contribution in [2.24, 2.45) is 11.7 Å². The van der Waals surface area contributed by atoms with Crippen molar-refractivity contribution in [2.45, 2.75) is 51.7 Å². The summed E-state index contributed by atoms with van der Waals surface area (Å²) in [6.07, 6.45) is 3.84. The Bertz CT molecular complexity index is 365. The lowest BCUT2D eigenvalue weighted by molar-refractivity contribution is 0.131. The van der Waals surface area contributed by atoms with Gasteiger partial charge in [-0.3, -0.25) is 0 Å². The topological polar surface area (TPSA) is 35.2 Å². The van der Waals surface area contributed by atoms with E-state index in [1.807, 2.05) is 12.1 Å². The molecule has 1 saturated carbocycles. The van der Waals surface area contributed by atoms with E-state index < -0.39 is 0 Å². The zero-order valence-electron chi connectivity index (χ0n) is 11.5. The second kappa shape index (κ2) is 5.94. The summed E-state index contributed by atoms with van der Waals surface area (Å²) in [5.41, 5.74) is 7.25. The molecule has 18 heavy (non-hydrogen) atoms. The van der Waals surface area contributed by atoms with E-state index in [4.69, 9.17) is 10.5 Å². The molecule has 102 valence electrons. The molecule has 0 heterocycles. The van der Waals surface area contributed by atoms with Crippen molar-refractivity contribution in [1.29, 1.82) is 0 Å². The molecule has 3 heteroatoms. The van der Waals surface area contributed by atoms with Gasteiger partial charge in [-0.15, -0.1) is 12.4 Å². The summed E-state index contributed by atoms with van der Waals surface area (Å²) in [6.45, 7) is 6.17. The molecule has 1 atom stereocenters. The average molecular weight is 270 g/mol. The SMILES string of the molecule is CC(C)(C)Oc1ccc([C@H](N)CC2CC2)cc1.Cl. The third-order valence-electron chi connectivity index (χ3n) is 3.02. The van der Waals surface area contributed by atoms with Crippen molar-refractivity contribution in [1.82, 2.24) is 0 Å². The van der Waals surface area contributed by atoms with Gasteiger partial charge in [-0.05, 0) is 50.8 Å². The number of hydrogen-bond acceptors (Lipinski definition) is 2. The molecule has 1 aliphatic carbocycles. The van der Waals surface area contributed by atoms with Gasteiger partial charge in [0.25, 0.3) is 0 Å². The molecule has 0 spiro atoms. The van der Waals surface area contributed by atoms with Gasteiger partial charge in [0, 0.05) is 6.04 Å². The van der Waals surface area contributed by atoms with E-state index in [0.29, 0.717) is 0 Å². The van der Waals surface area contributed by atoms with Crippen molar-refractivity contribution in [3.8, 4) is 5.75 Å². The van der Waals surface area contributed by atoms with E-state index in [1.54, 1.807) is 0 Å². The molecular formula is C15H24ClNO. The Morgan fingerprint density at radius 3 is 2.22 bits per heavy atom. The van der Waals surface area contributed by atoms with Crippen molar-refractivity contribution >= 4 is 12.4 Å². The molecule has 0 radical (unpaired) electrons. The molecule has 0 aliphatic heterocycles. The van der Waals surface area contributed by atoms with Gasteiger partial charge < -0.3 is 10.5 Å². The smallest absolute Gasteiger partial charge is 0.120 e. The highest BCUT2D eigenvalue weighted by molar-refractivity contribution is 5.85. The van der Waals surface area contributed by atoms with Crippen LogP contribution in [0, 0.1) is 5.92 Å². The Morgan fingerprint density at radius 1 is 1.22 bits per heavy atom. The van der Waals surface area contributed by atoms with Crippen LogP contribution in [0.3, 0.4) is 0 Å². The molecule has 1 aliphatic rings. The second-order valence-electron chi connectivity index (χ2n) is 6.07. The highest BCUT2D eigenvalue weighted by Crippen LogP contribution is 2.36. The zero-order valence-corrected chi connectivity index (χ0v) is 12.3. The van der Waals surface area contributed by atoms with Crippen LogP contribution in [-0.2, 0) is 0 Å². The fourth-order valence-corrected chi connectivity index (χ4v) is 1.99. The maximum absolute atomic E-state index is 6.17. The van der Waals surface area contributed by atoms with E-state index in [2.05, 4.69) is 32.9 Å². The lowest BCUT2D eigenvalue weighted by atomic mass is 10.0. The number of nitrogens with two attached hydrogens (primary N) is 1. The third-order valence-corrected chi connectivity index (χ3v) is 3.02. The minimum atomic E-state index is -0.141. The Kier molecular flexibility index (Phi) is 5.06. The first-order chi connectivity index (χ1) is 7.94. The van der Waals surface area contributed by atoms with Crippen molar-refractivity contribution in [3.05, 3.63) is 29.8 Å². The molecule has 0 aromatic heterocycles. The molecule has 0 bridgehead atoms. The lowest BCUT2D eigenvalue weighted by Crippen LogP contribution is -2.22. The molecule has 2 nitrogen and oxygen atoms in total. The van der Waals surface area contributed by atoms with Gasteiger partial charge in [0.05, 0.1) is 0 Å². The Hall–Kier alpha value is -0.730. The Labute approximate surface area is 116 Å². The summed E-state index contributed by atoms with van der Waals surface area (Å²) in [5, 5.41) is 0. The van der Waals surface area contributed by atoms with Gasteiger partial charge in [-0.1, -0.05) is 25.0 Å². The average Bonchev–Trinajstić information content (AvgIpc) is 3.00. The van der Waals surface area contributed by atoms with Crippen LogP contribution in [0.15, 0.2) is 24.3 Å². The summed E-state index contributed by atoms with van der Waals surface area (Å²) >= 11 is 0. The third kappa shape index (κ3) is 4.87. The van der Waals surface area contributed by atoms with Crippen LogP contribution < -0.4 is 10.5 Å². The highest BCUT2D eigenvalue weighted by Gasteiger charge is 2.24. The first-order valence-electron chi connectivity index (χ1n) is 6.48. The number of ether oxygens (including phenoxy) is 1. The molecule has 0 unspecified atom stereocenters. The van der Waals surface area contributed by atoms with E-state index in [1.165, 1.54) is 18.4 Å². The molecule has 0 amide bonds. The van der Waals surface area contributed by atoms with Gasteiger partial charge >= 0.3 is 0 Å². The van der Waals surface area contributed by atoms with Crippen molar-refractivity contribution < 1.29 is 4.74 Å². The van der Waals surface area contributed by atoms with E-state index in [-0.39, 0.29) is 24.0 Å². The number of hydrogen-bond donors (Lipinski definition) is 1. The number of benzene rings is 1. The summed E-state index contributed by atoms with van der Waals surface area (Å²) in [5.74, 6) is 1.79. The van der Waals surface area contributed by atoms with Crippen molar-refractivity contribution in [3.63, 3.8) is 0 Å². The highest BCUT2D eigenvalue weighted by atomic mass is 35.5. The quantitative estimate of drug-likeness (QED) is 0.894. The Balaban J connectivity index is 0.00000162. The van der Waals surface area contributed by atoms with Crippen LogP contribution in [0.5, 0.6) is 5.75 Å². The van der Waals surface area contributed by atoms with Crippen LogP contribution in [0.4, 0.5) is 0 Å². The lowest BCUT2D eigenvalue weighted by Gasteiger charge is -2.21. The van der Waals surface area contributed by atoms with E-state index >= 15 is 0 Å². The number of rotatable bonds is 4. The van der Waals surface area contributed by atoms with E-state index in [0.717, 1.165) is 18.1 Å². The fourth-order valence-electron chi connectivity index (χ4n) is 1.99. The fraction of sp³-hybridized carbons (Fsp3) is 0.600. The van der Waals surface area contributed by atoms with Crippen molar-refractivity contribution in [2.75, 3.05) is 0 Å². The monoisotopic (exact) mass is 269 g/mol. The standard InChI is InChI=1S/C15H23NO.ClH/c1-15(2,3)17-13-8-6-12(7-9-13)14(16)10-11-4-5-11;/h6-9,11,14H,4-5,10,16H2,1-3H3;1H/t14-;/m1./s1. The maximum atomic E-state index is 6.17. The molecular weight excluding hydrogens is 246 g/mol. The van der Waals surface area contributed by atoms with Crippen LogP contribution >= 0.6 is 12.4 Å². The van der Waals surface area contributed by atoms with Gasteiger partial charge in [-0.25, -0.2) is 0 Å². The van der Waals surface area contributed by atoms with Crippen LogP contribution in [0.1, 0.15) is 51.6 Å². The molecule has 2 N–H and O–H groups in total. The van der Waals surface area contributed by atoms with Gasteiger partial charge in [0.1, 0.15) is 11.4 Å². The van der Waals surface area contributed by atoms with Gasteiger partial charge in [0.15, 0.2) is 0 Å². The van der Waals surface area contributed by atoms with E-state index in [9.17, 15) is 0 Å². The minimum absolute atomic E-state index is 0. The molecule has 0 saturated heterocycles. The minimum Gasteiger partial charge on any atom is -0.488 e. The van der Waals surface area contributed by atoms with Crippen LogP contribution in [0.2, 0.25) is 0 Å². The molecule has 1 fully saturated rings.